The Morgan fingerprint density at radius 1 is 1.05 bits per heavy atom. The summed E-state index contributed by atoms with van der Waals surface area (Å²) in [6.45, 7) is 0. The first kappa shape index (κ1) is 13.8. The number of hydrogen-bond donors (Lipinski definition) is 1. The molecule has 0 amide bonds. The second kappa shape index (κ2) is 6.08. The van der Waals surface area contributed by atoms with Crippen molar-refractivity contribution in [3.63, 3.8) is 0 Å². The minimum atomic E-state index is 0.405. The minimum Gasteiger partial charge on any atom is -0.356 e. The van der Waals surface area contributed by atoms with E-state index in [-0.39, 0.29) is 0 Å². The number of nitrogens with two attached hydrogens (primary N) is 1. The van der Waals surface area contributed by atoms with Crippen LogP contribution in [0.5, 0.6) is 0 Å². The molecule has 0 atom stereocenters. The average Bonchev–Trinajstić information content (AvgIpc) is 2.72. The summed E-state index contributed by atoms with van der Waals surface area (Å²) in [7, 11) is 2.20. The average molecular weight is 274 g/mol. The molecule has 0 spiro atoms. The van der Waals surface area contributed by atoms with E-state index < -0.39 is 0 Å². The fourth-order valence-corrected chi connectivity index (χ4v) is 3.65. The van der Waals surface area contributed by atoms with Crippen LogP contribution < -0.4 is 10.6 Å². The molecule has 1 saturated carbocycles. The van der Waals surface area contributed by atoms with Crippen LogP contribution in [0.3, 0.4) is 0 Å². The number of hydrogen-bond acceptors (Lipinski definition) is 4. The predicted molar refractivity (Wildman–Crippen MR) is 81.9 cm³/mol. The van der Waals surface area contributed by atoms with Crippen LogP contribution in [0.2, 0.25) is 0 Å². The van der Waals surface area contributed by atoms with E-state index in [1.165, 1.54) is 49.2 Å². The highest BCUT2D eigenvalue weighted by Crippen LogP contribution is 2.30. The first-order valence-electron chi connectivity index (χ1n) is 8.07. The number of aromatic nitrogens is 2. The Labute approximate surface area is 121 Å². The molecule has 1 aromatic heterocycles. The lowest BCUT2D eigenvalue weighted by molar-refractivity contribution is 0.383. The fraction of sp³-hybridized carbons (Fsp3) is 0.750. The summed E-state index contributed by atoms with van der Waals surface area (Å²) in [5, 5.41) is 0. The molecule has 4 heteroatoms. The highest BCUT2D eigenvalue weighted by atomic mass is 15.2. The van der Waals surface area contributed by atoms with E-state index >= 15 is 0 Å². The van der Waals surface area contributed by atoms with E-state index in [0.717, 1.165) is 25.7 Å². The van der Waals surface area contributed by atoms with Crippen molar-refractivity contribution in [1.82, 2.24) is 9.97 Å². The summed E-state index contributed by atoms with van der Waals surface area (Å²) in [6, 6.07) is 0.999. The third-order valence-electron chi connectivity index (χ3n) is 4.98. The molecule has 2 N–H and O–H groups in total. The molecule has 1 fully saturated rings. The molecular weight excluding hydrogens is 248 g/mol. The Balaban J connectivity index is 1.82. The normalized spacial score (nSPS) is 26.7. The molecule has 3 rings (SSSR count). The Morgan fingerprint density at radius 3 is 2.60 bits per heavy atom. The molecule has 20 heavy (non-hydrogen) atoms. The van der Waals surface area contributed by atoms with E-state index in [1.807, 2.05) is 0 Å². The summed E-state index contributed by atoms with van der Waals surface area (Å²) in [5.74, 6) is 1.18. The topological polar surface area (TPSA) is 55.0 Å². The molecule has 2 aliphatic carbocycles. The summed E-state index contributed by atoms with van der Waals surface area (Å²) >= 11 is 0. The monoisotopic (exact) mass is 274 g/mol. The number of nitrogens with zero attached hydrogens (tertiary/aromatic N) is 3. The zero-order valence-electron chi connectivity index (χ0n) is 12.5. The second-order valence-electron chi connectivity index (χ2n) is 6.36. The van der Waals surface area contributed by atoms with Gasteiger partial charge in [-0.1, -0.05) is 6.42 Å². The zero-order valence-corrected chi connectivity index (χ0v) is 12.5. The zero-order chi connectivity index (χ0) is 13.9. The van der Waals surface area contributed by atoms with Crippen LogP contribution in [0.4, 0.5) is 5.82 Å². The van der Waals surface area contributed by atoms with Crippen molar-refractivity contribution >= 4 is 5.82 Å². The molecule has 2 aliphatic rings. The number of rotatable bonds is 2. The highest BCUT2D eigenvalue weighted by Gasteiger charge is 2.25. The van der Waals surface area contributed by atoms with Crippen LogP contribution in [-0.2, 0) is 12.8 Å². The van der Waals surface area contributed by atoms with Gasteiger partial charge in [-0.2, -0.15) is 0 Å². The van der Waals surface area contributed by atoms with Crippen LogP contribution in [0.1, 0.15) is 56.2 Å². The van der Waals surface area contributed by atoms with E-state index in [0.29, 0.717) is 12.1 Å². The molecule has 0 bridgehead atoms. The maximum Gasteiger partial charge on any atom is 0.135 e. The standard InChI is InChI=1S/C16H26N4/c1-20(13-9-7-12(17)8-10-13)16-14-5-3-2-4-6-15(14)18-11-19-16/h11-13H,2-10,17H2,1H3. The molecule has 1 heterocycles. The van der Waals surface area contributed by atoms with Gasteiger partial charge in [0.05, 0.1) is 0 Å². The van der Waals surface area contributed by atoms with Crippen molar-refractivity contribution in [2.45, 2.75) is 69.9 Å². The van der Waals surface area contributed by atoms with Crippen LogP contribution >= 0.6 is 0 Å². The van der Waals surface area contributed by atoms with Gasteiger partial charge in [-0.25, -0.2) is 9.97 Å². The maximum absolute atomic E-state index is 6.02. The van der Waals surface area contributed by atoms with E-state index in [2.05, 4.69) is 21.9 Å². The van der Waals surface area contributed by atoms with Crippen LogP contribution in [0.15, 0.2) is 6.33 Å². The molecule has 4 nitrogen and oxygen atoms in total. The molecule has 0 saturated heterocycles. The van der Waals surface area contributed by atoms with Crippen LogP contribution in [0.25, 0.3) is 0 Å². The van der Waals surface area contributed by atoms with Gasteiger partial charge in [0.1, 0.15) is 12.1 Å². The summed E-state index contributed by atoms with van der Waals surface area (Å²) in [4.78, 5) is 11.5. The van der Waals surface area contributed by atoms with Gasteiger partial charge in [0.25, 0.3) is 0 Å². The van der Waals surface area contributed by atoms with Gasteiger partial charge in [-0.3, -0.25) is 0 Å². The largest absolute Gasteiger partial charge is 0.356 e. The smallest absolute Gasteiger partial charge is 0.135 e. The quantitative estimate of drug-likeness (QED) is 0.842. The molecule has 0 aliphatic heterocycles. The van der Waals surface area contributed by atoms with E-state index in [9.17, 15) is 0 Å². The van der Waals surface area contributed by atoms with Gasteiger partial charge >= 0.3 is 0 Å². The lowest BCUT2D eigenvalue weighted by Gasteiger charge is -2.35. The summed E-state index contributed by atoms with van der Waals surface area (Å²) in [5.41, 5.74) is 8.71. The summed E-state index contributed by atoms with van der Waals surface area (Å²) < 4.78 is 0. The number of anilines is 1. The lowest BCUT2D eigenvalue weighted by atomic mass is 9.90. The van der Waals surface area contributed by atoms with Crippen molar-refractivity contribution < 1.29 is 0 Å². The SMILES string of the molecule is CN(c1ncnc2c1CCCCC2)C1CCC(N)CC1. The Kier molecular flexibility index (Phi) is 4.20. The van der Waals surface area contributed by atoms with Crippen molar-refractivity contribution in [2.24, 2.45) is 5.73 Å². The van der Waals surface area contributed by atoms with Crippen LogP contribution in [0, 0.1) is 0 Å². The maximum atomic E-state index is 6.02. The first-order chi connectivity index (χ1) is 9.75. The Bertz CT molecular complexity index is 452. The summed E-state index contributed by atoms with van der Waals surface area (Å²) in [6.07, 6.45) is 12.5. The Hall–Kier alpha value is -1.16. The molecule has 0 aromatic carbocycles. The number of fused-ring (bicyclic) bond motifs is 1. The van der Waals surface area contributed by atoms with Gasteiger partial charge in [0, 0.05) is 30.4 Å². The van der Waals surface area contributed by atoms with Crippen molar-refractivity contribution in [3.05, 3.63) is 17.6 Å². The second-order valence-corrected chi connectivity index (χ2v) is 6.36. The third kappa shape index (κ3) is 2.80. The van der Waals surface area contributed by atoms with Crippen molar-refractivity contribution in [1.29, 1.82) is 0 Å². The molecule has 1 aromatic rings. The molecule has 0 radical (unpaired) electrons. The highest BCUT2D eigenvalue weighted by molar-refractivity contribution is 5.49. The van der Waals surface area contributed by atoms with Crippen molar-refractivity contribution in [2.75, 3.05) is 11.9 Å². The molecular formula is C16H26N4. The van der Waals surface area contributed by atoms with Crippen molar-refractivity contribution in [3.8, 4) is 0 Å². The van der Waals surface area contributed by atoms with Gasteiger partial charge in [-0.15, -0.1) is 0 Å². The number of aryl methyl sites for hydroxylation is 1. The van der Waals surface area contributed by atoms with E-state index in [4.69, 9.17) is 5.73 Å². The minimum absolute atomic E-state index is 0.405. The van der Waals surface area contributed by atoms with Gasteiger partial charge < -0.3 is 10.6 Å². The third-order valence-corrected chi connectivity index (χ3v) is 4.98. The predicted octanol–water partition coefficient (Wildman–Crippen LogP) is 2.45. The lowest BCUT2D eigenvalue weighted by Crippen LogP contribution is -2.39. The van der Waals surface area contributed by atoms with Gasteiger partial charge in [-0.05, 0) is 51.4 Å². The van der Waals surface area contributed by atoms with Gasteiger partial charge in [0.2, 0.25) is 0 Å². The first-order valence-corrected chi connectivity index (χ1v) is 8.07. The molecule has 0 unspecified atom stereocenters. The molecule has 110 valence electrons. The van der Waals surface area contributed by atoms with Gasteiger partial charge in [0.15, 0.2) is 0 Å². The fourth-order valence-electron chi connectivity index (χ4n) is 3.65. The van der Waals surface area contributed by atoms with E-state index in [1.54, 1.807) is 6.33 Å². The Morgan fingerprint density at radius 2 is 1.80 bits per heavy atom. The van der Waals surface area contributed by atoms with Crippen LogP contribution in [-0.4, -0.2) is 29.1 Å².